The molecule has 2 amide bonds. The summed E-state index contributed by atoms with van der Waals surface area (Å²) < 4.78 is 6.24. The number of nitrogens with one attached hydrogen (secondary N) is 2. The smallest absolute Gasteiger partial charge is 0.255 e. The second kappa shape index (κ2) is 39.2. The zero-order valence-electron chi connectivity index (χ0n) is 36.3. The molecule has 0 saturated carbocycles. The summed E-state index contributed by atoms with van der Waals surface area (Å²) in [6, 6.07) is 5.35. The molecule has 0 aromatic heterocycles. The van der Waals surface area contributed by atoms with E-state index in [9.17, 15) is 9.59 Å². The maximum absolute atomic E-state index is 13.3. The predicted octanol–water partition coefficient (Wildman–Crippen LogP) is 15.2. The van der Waals surface area contributed by atoms with Gasteiger partial charge in [0.25, 0.3) is 11.8 Å². The van der Waals surface area contributed by atoms with Crippen molar-refractivity contribution in [1.29, 1.82) is 0 Å². The van der Waals surface area contributed by atoms with Crippen molar-refractivity contribution in [3.63, 3.8) is 0 Å². The van der Waals surface area contributed by atoms with Crippen LogP contribution in [0.25, 0.3) is 0 Å². The molecule has 0 fully saturated rings. The number of hydrogen-bond donors (Lipinski definition) is 2. The van der Waals surface area contributed by atoms with Crippen molar-refractivity contribution in [2.75, 3.05) is 19.7 Å². The highest BCUT2D eigenvalue weighted by atomic mass is 16.5. The molecule has 0 bridgehead atoms. The highest BCUT2D eigenvalue weighted by molar-refractivity contribution is 6.00. The molecular formula is C49H90N2O3. The molecule has 0 aliphatic heterocycles. The van der Waals surface area contributed by atoms with E-state index in [1.807, 2.05) is 0 Å². The van der Waals surface area contributed by atoms with E-state index in [4.69, 9.17) is 4.74 Å². The molecule has 1 aromatic carbocycles. The van der Waals surface area contributed by atoms with Crippen LogP contribution in [0.5, 0.6) is 5.75 Å². The van der Waals surface area contributed by atoms with Gasteiger partial charge >= 0.3 is 0 Å². The van der Waals surface area contributed by atoms with Gasteiger partial charge in [-0.05, 0) is 37.5 Å². The lowest BCUT2D eigenvalue weighted by Crippen LogP contribution is -2.26. The SMILES string of the molecule is CCCCCCCCCCCCCCCOc1cc(C(=O)NCCCCCCCCCCCCC)ccc1C(=O)NCCCCCCCCCCCCC. The minimum absolute atomic E-state index is 0.0826. The molecule has 1 rings (SSSR count). The van der Waals surface area contributed by atoms with Crippen LogP contribution in [0.2, 0.25) is 0 Å². The van der Waals surface area contributed by atoms with Crippen LogP contribution in [-0.4, -0.2) is 31.5 Å². The van der Waals surface area contributed by atoms with Gasteiger partial charge in [-0.1, -0.05) is 226 Å². The molecule has 54 heavy (non-hydrogen) atoms. The summed E-state index contributed by atoms with van der Waals surface area (Å²) in [5.41, 5.74) is 1.11. The molecular weight excluding hydrogens is 665 g/mol. The Labute approximate surface area is 336 Å². The Balaban J connectivity index is 2.45. The van der Waals surface area contributed by atoms with E-state index in [2.05, 4.69) is 31.4 Å². The number of unbranched alkanes of at least 4 members (excludes halogenated alkanes) is 32. The van der Waals surface area contributed by atoms with E-state index in [-0.39, 0.29) is 11.8 Å². The first-order valence-electron chi connectivity index (χ1n) is 24.0. The first-order valence-corrected chi connectivity index (χ1v) is 24.0. The molecule has 0 radical (unpaired) electrons. The molecule has 0 heterocycles. The summed E-state index contributed by atoms with van der Waals surface area (Å²) in [6.07, 6.45) is 45.4. The minimum Gasteiger partial charge on any atom is -0.493 e. The third-order valence-electron chi connectivity index (χ3n) is 11.1. The topological polar surface area (TPSA) is 67.4 Å². The fraction of sp³-hybridized carbons (Fsp3) is 0.837. The van der Waals surface area contributed by atoms with Crippen LogP contribution in [0, 0.1) is 0 Å². The molecule has 314 valence electrons. The zero-order chi connectivity index (χ0) is 39.0. The highest BCUT2D eigenvalue weighted by Crippen LogP contribution is 2.22. The van der Waals surface area contributed by atoms with Gasteiger partial charge in [0.15, 0.2) is 0 Å². The average molecular weight is 755 g/mol. The second-order valence-corrected chi connectivity index (χ2v) is 16.4. The van der Waals surface area contributed by atoms with Gasteiger partial charge in [0.1, 0.15) is 5.75 Å². The third kappa shape index (κ3) is 30.2. The number of carbonyl (C=O) groups excluding carboxylic acids is 2. The molecule has 2 N–H and O–H groups in total. The Kier molecular flexibility index (Phi) is 36.3. The lowest BCUT2D eigenvalue weighted by atomic mass is 10.0. The van der Waals surface area contributed by atoms with Crippen molar-refractivity contribution in [1.82, 2.24) is 10.6 Å². The van der Waals surface area contributed by atoms with E-state index in [1.54, 1.807) is 18.2 Å². The van der Waals surface area contributed by atoms with Crippen LogP contribution in [0.4, 0.5) is 0 Å². The maximum atomic E-state index is 13.3. The Hall–Kier alpha value is -2.04. The largest absolute Gasteiger partial charge is 0.493 e. The van der Waals surface area contributed by atoms with Gasteiger partial charge in [-0.2, -0.15) is 0 Å². The first-order chi connectivity index (χ1) is 26.6. The van der Waals surface area contributed by atoms with E-state index in [0.29, 0.717) is 36.6 Å². The summed E-state index contributed by atoms with van der Waals surface area (Å²) in [6.45, 7) is 8.76. The zero-order valence-corrected chi connectivity index (χ0v) is 36.3. The Morgan fingerprint density at radius 3 is 1.09 bits per heavy atom. The van der Waals surface area contributed by atoms with Crippen molar-refractivity contribution >= 4 is 11.8 Å². The number of amides is 2. The Bertz CT molecular complexity index is 980. The van der Waals surface area contributed by atoms with Gasteiger partial charge in [-0.15, -0.1) is 0 Å². The summed E-state index contributed by atoms with van der Waals surface area (Å²) in [5.74, 6) is 0.351. The highest BCUT2D eigenvalue weighted by Gasteiger charge is 2.16. The van der Waals surface area contributed by atoms with Crippen molar-refractivity contribution < 1.29 is 14.3 Å². The van der Waals surface area contributed by atoms with Gasteiger partial charge in [0, 0.05) is 18.7 Å². The van der Waals surface area contributed by atoms with Gasteiger partial charge < -0.3 is 15.4 Å². The van der Waals surface area contributed by atoms with Crippen LogP contribution >= 0.6 is 0 Å². The monoisotopic (exact) mass is 755 g/mol. The lowest BCUT2D eigenvalue weighted by molar-refractivity contribution is 0.0937. The van der Waals surface area contributed by atoms with E-state index >= 15 is 0 Å². The quantitative estimate of drug-likeness (QED) is 0.0654. The molecule has 0 aliphatic carbocycles. The number of ether oxygens (including phenoxy) is 1. The molecule has 0 spiro atoms. The third-order valence-corrected chi connectivity index (χ3v) is 11.1. The van der Waals surface area contributed by atoms with E-state index in [1.165, 1.54) is 186 Å². The van der Waals surface area contributed by atoms with Crippen LogP contribution in [0.15, 0.2) is 18.2 Å². The summed E-state index contributed by atoms with van der Waals surface area (Å²) >= 11 is 0. The van der Waals surface area contributed by atoms with Crippen molar-refractivity contribution in [3.8, 4) is 5.75 Å². The fourth-order valence-electron chi connectivity index (χ4n) is 7.45. The van der Waals surface area contributed by atoms with Crippen LogP contribution in [0.3, 0.4) is 0 Å². The summed E-state index contributed by atoms with van der Waals surface area (Å²) in [4.78, 5) is 26.4. The first kappa shape index (κ1) is 50.0. The average Bonchev–Trinajstić information content (AvgIpc) is 3.18. The number of hydrogen-bond acceptors (Lipinski definition) is 3. The van der Waals surface area contributed by atoms with Gasteiger partial charge in [-0.25, -0.2) is 0 Å². The molecule has 0 aliphatic rings. The van der Waals surface area contributed by atoms with Crippen LogP contribution < -0.4 is 15.4 Å². The Morgan fingerprint density at radius 2 is 0.722 bits per heavy atom. The molecule has 0 saturated heterocycles. The normalized spacial score (nSPS) is 11.2. The molecule has 5 nitrogen and oxygen atoms in total. The number of rotatable bonds is 41. The van der Waals surface area contributed by atoms with Gasteiger partial charge in [0.2, 0.25) is 0 Å². The maximum Gasteiger partial charge on any atom is 0.255 e. The summed E-state index contributed by atoms with van der Waals surface area (Å²) in [5, 5.41) is 6.24. The number of benzene rings is 1. The fourth-order valence-corrected chi connectivity index (χ4v) is 7.45. The standard InChI is InChI=1S/C49H90N2O3/c1-4-7-10-13-16-19-22-23-26-29-32-35-38-43-54-47-44-45(48(52)50-41-36-33-30-27-24-20-17-14-11-8-5-2)39-40-46(47)49(53)51-42-37-34-31-28-25-21-18-15-12-9-6-3/h39-40,44H,4-38,41-43H2,1-3H3,(H,50,52)(H,51,53). The van der Waals surface area contributed by atoms with E-state index in [0.717, 1.165) is 38.5 Å². The van der Waals surface area contributed by atoms with Crippen molar-refractivity contribution in [2.24, 2.45) is 0 Å². The molecule has 0 atom stereocenters. The van der Waals surface area contributed by atoms with Crippen molar-refractivity contribution in [2.45, 2.75) is 245 Å². The molecule has 5 heteroatoms. The predicted molar refractivity (Wildman–Crippen MR) is 235 cm³/mol. The minimum atomic E-state index is -0.102. The summed E-state index contributed by atoms with van der Waals surface area (Å²) in [7, 11) is 0. The molecule has 1 aromatic rings. The van der Waals surface area contributed by atoms with Crippen LogP contribution in [-0.2, 0) is 0 Å². The van der Waals surface area contributed by atoms with E-state index < -0.39 is 0 Å². The van der Waals surface area contributed by atoms with Crippen LogP contribution in [0.1, 0.15) is 266 Å². The Morgan fingerprint density at radius 1 is 0.407 bits per heavy atom. The van der Waals surface area contributed by atoms with Crippen molar-refractivity contribution in [3.05, 3.63) is 29.3 Å². The van der Waals surface area contributed by atoms with Gasteiger partial charge in [0.05, 0.1) is 12.2 Å². The van der Waals surface area contributed by atoms with Gasteiger partial charge in [-0.3, -0.25) is 9.59 Å². The molecule has 0 unspecified atom stereocenters. The number of carbonyl (C=O) groups is 2. The second-order valence-electron chi connectivity index (χ2n) is 16.4. The lowest BCUT2D eigenvalue weighted by Gasteiger charge is -2.14.